The van der Waals surface area contributed by atoms with E-state index in [1.165, 1.54) is 38.6 Å². The maximum Gasteiger partial charge on any atom is 0.191 e. The van der Waals surface area contributed by atoms with Crippen LogP contribution in [0.25, 0.3) is 0 Å². The number of hydrogen-bond donors (Lipinski definition) is 2. The molecule has 5 heteroatoms. The highest BCUT2D eigenvalue weighted by molar-refractivity contribution is 5.79. The molecule has 5 nitrogen and oxygen atoms in total. The van der Waals surface area contributed by atoms with E-state index in [1.54, 1.807) is 7.11 Å². The number of aliphatic imine (C=N–C) groups is 1. The molecule has 0 amide bonds. The van der Waals surface area contributed by atoms with Crippen molar-refractivity contribution in [3.8, 4) is 0 Å². The van der Waals surface area contributed by atoms with Crippen molar-refractivity contribution in [2.45, 2.75) is 51.5 Å². The minimum absolute atomic E-state index is 0.391. The van der Waals surface area contributed by atoms with E-state index in [0.29, 0.717) is 11.5 Å². The van der Waals surface area contributed by atoms with E-state index in [0.717, 1.165) is 38.6 Å². The smallest absolute Gasteiger partial charge is 0.191 e. The molecule has 0 aromatic heterocycles. The van der Waals surface area contributed by atoms with Crippen LogP contribution < -0.4 is 10.6 Å². The molecule has 0 bridgehead atoms. The average molecular weight is 310 g/mol. The molecule has 2 N–H and O–H groups in total. The summed E-state index contributed by atoms with van der Waals surface area (Å²) in [7, 11) is 4.01. The fourth-order valence-electron chi connectivity index (χ4n) is 3.52. The Bertz CT molecular complexity index is 355. The van der Waals surface area contributed by atoms with E-state index in [9.17, 15) is 0 Å². The number of likely N-dealkylation sites (tertiary alicyclic amines) is 1. The third-order valence-corrected chi connectivity index (χ3v) is 5.34. The lowest BCUT2D eigenvalue weighted by atomic mass is 9.67. The zero-order valence-electron chi connectivity index (χ0n) is 14.7. The molecule has 0 aromatic rings. The molecule has 0 spiro atoms. The van der Waals surface area contributed by atoms with Gasteiger partial charge in [0.2, 0.25) is 0 Å². The molecule has 1 aliphatic carbocycles. The van der Waals surface area contributed by atoms with Gasteiger partial charge < -0.3 is 20.3 Å². The fourth-order valence-corrected chi connectivity index (χ4v) is 3.52. The number of hydrogen-bond acceptors (Lipinski definition) is 3. The SMILES string of the molecule is CCNC(=NCC1(CCOC)CCC1)NCC1CCCN1C. The number of likely N-dealkylation sites (N-methyl/N-ethyl adjacent to an activating group) is 1. The van der Waals surface area contributed by atoms with Crippen molar-refractivity contribution in [3.05, 3.63) is 0 Å². The topological polar surface area (TPSA) is 48.9 Å². The summed E-state index contributed by atoms with van der Waals surface area (Å²) in [5.74, 6) is 0.978. The van der Waals surface area contributed by atoms with Crippen LogP contribution in [0.3, 0.4) is 0 Å². The molecule has 2 aliphatic rings. The number of nitrogens with zero attached hydrogens (tertiary/aromatic N) is 2. The molecule has 1 atom stereocenters. The summed E-state index contributed by atoms with van der Waals surface area (Å²) in [5, 5.41) is 6.92. The highest BCUT2D eigenvalue weighted by Crippen LogP contribution is 2.44. The van der Waals surface area contributed by atoms with Gasteiger partial charge in [-0.15, -0.1) is 0 Å². The summed E-state index contributed by atoms with van der Waals surface area (Å²) in [6.45, 7) is 7.03. The van der Waals surface area contributed by atoms with Crippen molar-refractivity contribution >= 4 is 5.96 Å². The van der Waals surface area contributed by atoms with Crippen LogP contribution in [0.1, 0.15) is 45.4 Å². The van der Waals surface area contributed by atoms with Crippen LogP contribution in [-0.4, -0.2) is 63.8 Å². The van der Waals surface area contributed by atoms with E-state index < -0.39 is 0 Å². The molecule has 2 rings (SSSR count). The summed E-state index contributed by atoms with van der Waals surface area (Å²) < 4.78 is 5.27. The van der Waals surface area contributed by atoms with Gasteiger partial charge in [0.05, 0.1) is 0 Å². The molecule has 1 saturated carbocycles. The first-order chi connectivity index (χ1) is 10.7. The van der Waals surface area contributed by atoms with Crippen molar-refractivity contribution in [3.63, 3.8) is 0 Å². The van der Waals surface area contributed by atoms with Crippen molar-refractivity contribution in [1.82, 2.24) is 15.5 Å². The average Bonchev–Trinajstić information content (AvgIpc) is 2.88. The standard InChI is InChI=1S/C17H34N4O/c1-4-18-16(19-13-15-7-5-11-21(15)2)20-14-17(8-6-9-17)10-12-22-3/h15H,4-14H2,1-3H3,(H2,18,19,20). The van der Waals surface area contributed by atoms with Gasteiger partial charge >= 0.3 is 0 Å². The molecule has 0 radical (unpaired) electrons. The molecule has 1 heterocycles. The van der Waals surface area contributed by atoms with E-state index in [4.69, 9.17) is 9.73 Å². The second kappa shape index (κ2) is 8.73. The van der Waals surface area contributed by atoms with E-state index in [2.05, 4.69) is 29.5 Å². The lowest BCUT2D eigenvalue weighted by Gasteiger charge is -2.40. The van der Waals surface area contributed by atoms with Crippen LogP contribution in [-0.2, 0) is 4.74 Å². The first-order valence-electron chi connectivity index (χ1n) is 8.90. The number of methoxy groups -OCH3 is 1. The lowest BCUT2D eigenvalue weighted by Crippen LogP contribution is -2.45. The molecule has 0 aromatic carbocycles. The Balaban J connectivity index is 1.83. The van der Waals surface area contributed by atoms with Gasteiger partial charge in [0.25, 0.3) is 0 Å². The van der Waals surface area contributed by atoms with Gasteiger partial charge in [-0.3, -0.25) is 4.99 Å². The summed E-state index contributed by atoms with van der Waals surface area (Å²) >= 11 is 0. The molecule has 1 unspecified atom stereocenters. The van der Waals surface area contributed by atoms with Crippen molar-refractivity contribution in [2.75, 3.05) is 46.9 Å². The fraction of sp³-hybridized carbons (Fsp3) is 0.941. The Morgan fingerprint density at radius 1 is 1.32 bits per heavy atom. The number of guanidine groups is 1. The Morgan fingerprint density at radius 2 is 2.14 bits per heavy atom. The highest BCUT2D eigenvalue weighted by Gasteiger charge is 2.36. The number of nitrogens with one attached hydrogen (secondary N) is 2. The molecule has 2 fully saturated rings. The molecule has 1 saturated heterocycles. The van der Waals surface area contributed by atoms with Gasteiger partial charge in [-0.1, -0.05) is 6.42 Å². The first kappa shape index (κ1) is 17.5. The molecular weight excluding hydrogens is 276 g/mol. The van der Waals surface area contributed by atoms with Gasteiger partial charge in [-0.2, -0.15) is 0 Å². The highest BCUT2D eigenvalue weighted by atomic mass is 16.5. The number of ether oxygens (including phenoxy) is 1. The van der Waals surface area contributed by atoms with Gasteiger partial charge in [0.15, 0.2) is 5.96 Å². The predicted molar refractivity (Wildman–Crippen MR) is 92.4 cm³/mol. The van der Waals surface area contributed by atoms with E-state index in [-0.39, 0.29) is 0 Å². The Labute approximate surface area is 135 Å². The second-order valence-corrected chi connectivity index (χ2v) is 6.95. The summed E-state index contributed by atoms with van der Waals surface area (Å²) in [5.41, 5.74) is 0.391. The predicted octanol–water partition coefficient (Wildman–Crippen LogP) is 1.84. The van der Waals surface area contributed by atoms with Crippen molar-refractivity contribution in [1.29, 1.82) is 0 Å². The second-order valence-electron chi connectivity index (χ2n) is 6.95. The van der Waals surface area contributed by atoms with E-state index >= 15 is 0 Å². The third-order valence-electron chi connectivity index (χ3n) is 5.34. The van der Waals surface area contributed by atoms with Crippen LogP contribution in [0, 0.1) is 5.41 Å². The lowest BCUT2D eigenvalue weighted by molar-refractivity contribution is 0.0778. The summed E-state index contributed by atoms with van der Waals surface area (Å²) in [4.78, 5) is 7.31. The van der Waals surface area contributed by atoms with Crippen LogP contribution in [0.15, 0.2) is 4.99 Å². The summed E-state index contributed by atoms with van der Waals surface area (Å²) in [6.07, 6.45) is 7.68. The minimum atomic E-state index is 0.391. The molecular formula is C17H34N4O. The zero-order chi connectivity index (χ0) is 15.8. The minimum Gasteiger partial charge on any atom is -0.385 e. The Kier molecular flexibility index (Phi) is 6.96. The summed E-state index contributed by atoms with van der Waals surface area (Å²) in [6, 6.07) is 0.648. The van der Waals surface area contributed by atoms with Gasteiger partial charge in [0.1, 0.15) is 0 Å². The zero-order valence-corrected chi connectivity index (χ0v) is 14.7. The van der Waals surface area contributed by atoms with Gasteiger partial charge in [0, 0.05) is 39.4 Å². The largest absolute Gasteiger partial charge is 0.385 e. The third kappa shape index (κ3) is 4.85. The van der Waals surface area contributed by atoms with Crippen LogP contribution >= 0.6 is 0 Å². The normalized spacial score (nSPS) is 25.0. The molecule has 128 valence electrons. The van der Waals surface area contributed by atoms with E-state index in [1.807, 2.05) is 0 Å². The monoisotopic (exact) mass is 310 g/mol. The number of rotatable bonds is 8. The molecule has 1 aliphatic heterocycles. The van der Waals surface area contributed by atoms with Crippen LogP contribution in [0.4, 0.5) is 0 Å². The van der Waals surface area contributed by atoms with Crippen LogP contribution in [0.2, 0.25) is 0 Å². The Morgan fingerprint density at radius 3 is 2.68 bits per heavy atom. The molecule has 22 heavy (non-hydrogen) atoms. The van der Waals surface area contributed by atoms with Crippen molar-refractivity contribution < 1.29 is 4.74 Å². The Hall–Kier alpha value is -0.810. The quantitative estimate of drug-likeness (QED) is 0.530. The maximum absolute atomic E-state index is 5.27. The van der Waals surface area contributed by atoms with Crippen molar-refractivity contribution in [2.24, 2.45) is 10.4 Å². The van der Waals surface area contributed by atoms with Gasteiger partial charge in [-0.05, 0) is 58.0 Å². The van der Waals surface area contributed by atoms with Crippen LogP contribution in [0.5, 0.6) is 0 Å². The maximum atomic E-state index is 5.27. The van der Waals surface area contributed by atoms with Gasteiger partial charge in [-0.25, -0.2) is 0 Å². The first-order valence-corrected chi connectivity index (χ1v) is 8.90.